The van der Waals surface area contributed by atoms with E-state index < -0.39 is 0 Å². The van der Waals surface area contributed by atoms with Gasteiger partial charge in [-0.15, -0.1) is 0 Å². The van der Waals surface area contributed by atoms with E-state index in [0.29, 0.717) is 5.82 Å². The first-order valence-electron chi connectivity index (χ1n) is 21.0. The summed E-state index contributed by atoms with van der Waals surface area (Å²) in [6.45, 7) is 6.54. The van der Waals surface area contributed by atoms with Crippen LogP contribution in [0.15, 0.2) is 197 Å². The van der Waals surface area contributed by atoms with Crippen molar-refractivity contribution in [2.24, 2.45) is 0 Å². The molecule has 61 heavy (non-hydrogen) atoms. The van der Waals surface area contributed by atoms with E-state index in [4.69, 9.17) is 18.8 Å². The predicted molar refractivity (Wildman–Crippen MR) is 254 cm³/mol. The molecular formula is C57H44N2O2. The monoisotopic (exact) mass is 788 g/mol. The lowest BCUT2D eigenvalue weighted by atomic mass is 9.93. The van der Waals surface area contributed by atoms with Gasteiger partial charge in [0.1, 0.15) is 11.2 Å². The summed E-state index contributed by atoms with van der Waals surface area (Å²) < 4.78 is 13.3. The van der Waals surface area contributed by atoms with Gasteiger partial charge in [-0.2, -0.15) is 0 Å². The number of aromatic nitrogens is 2. The average Bonchev–Trinajstić information content (AvgIpc) is 3.88. The second-order valence-electron chi connectivity index (χ2n) is 15.7. The van der Waals surface area contributed by atoms with Crippen LogP contribution in [0.3, 0.4) is 0 Å². The fourth-order valence-electron chi connectivity index (χ4n) is 8.38. The maximum atomic E-state index is 6.64. The summed E-state index contributed by atoms with van der Waals surface area (Å²) in [5.74, 6) is 0.644. The highest BCUT2D eigenvalue weighted by Crippen LogP contribution is 2.41. The molecule has 4 heteroatoms. The summed E-state index contributed by atoms with van der Waals surface area (Å²) in [7, 11) is 0. The molecule has 294 valence electrons. The Morgan fingerprint density at radius 2 is 0.869 bits per heavy atom. The van der Waals surface area contributed by atoms with Gasteiger partial charge in [-0.25, -0.2) is 9.97 Å². The van der Waals surface area contributed by atoms with Crippen LogP contribution in [0.1, 0.15) is 30.0 Å². The quantitative estimate of drug-likeness (QED) is 0.161. The Morgan fingerprint density at radius 3 is 1.46 bits per heavy atom. The second kappa shape index (κ2) is 16.2. The molecule has 3 heterocycles. The molecule has 8 aromatic carbocycles. The third-order valence-corrected chi connectivity index (χ3v) is 11.6. The van der Waals surface area contributed by atoms with E-state index in [2.05, 4.69) is 166 Å². The van der Waals surface area contributed by atoms with Gasteiger partial charge in [-0.1, -0.05) is 153 Å². The largest absolute Gasteiger partial charge is 0.452 e. The van der Waals surface area contributed by atoms with Crippen LogP contribution in [-0.4, -0.2) is 9.97 Å². The number of aryl methyl sites for hydroxylation is 3. The minimum atomic E-state index is 0.644. The SMILES string of the molecule is CCCc1ccccc1.Cc1ccccc1-c1cc(-c2ccc3c(c2)oc2c3ccc3c4ccc(-c5nc(-c6ccccc6)cc(-c6ccccc6)n5)cc4oc32)ccc1C. The van der Waals surface area contributed by atoms with Crippen molar-refractivity contribution in [3.63, 3.8) is 0 Å². The number of nitrogens with zero attached hydrogens (tertiary/aromatic N) is 2. The molecule has 0 unspecified atom stereocenters. The third kappa shape index (κ3) is 7.38. The fourth-order valence-corrected chi connectivity index (χ4v) is 8.38. The molecule has 0 spiro atoms. The first kappa shape index (κ1) is 37.7. The highest BCUT2D eigenvalue weighted by Gasteiger charge is 2.19. The van der Waals surface area contributed by atoms with Gasteiger partial charge in [-0.05, 0) is 108 Å². The number of benzene rings is 8. The molecule has 0 aliphatic heterocycles. The van der Waals surface area contributed by atoms with Gasteiger partial charge in [0.15, 0.2) is 17.0 Å². The van der Waals surface area contributed by atoms with Crippen molar-refractivity contribution in [1.82, 2.24) is 9.97 Å². The van der Waals surface area contributed by atoms with E-state index in [1.165, 1.54) is 40.7 Å². The first-order valence-corrected chi connectivity index (χ1v) is 21.0. The van der Waals surface area contributed by atoms with E-state index in [1.54, 1.807) is 0 Å². The van der Waals surface area contributed by atoms with Crippen LogP contribution < -0.4 is 0 Å². The Kier molecular flexibility index (Phi) is 10.0. The first-order chi connectivity index (χ1) is 30.0. The zero-order chi connectivity index (χ0) is 41.3. The Bertz CT molecular complexity index is 3270. The normalized spacial score (nSPS) is 11.3. The lowest BCUT2D eigenvalue weighted by molar-refractivity contribution is 0.633. The van der Waals surface area contributed by atoms with Crippen molar-refractivity contribution < 1.29 is 8.83 Å². The van der Waals surface area contributed by atoms with Crippen LogP contribution in [0, 0.1) is 13.8 Å². The Balaban J connectivity index is 0.000000442. The number of hydrogen-bond donors (Lipinski definition) is 0. The highest BCUT2D eigenvalue weighted by atomic mass is 16.4. The molecule has 4 nitrogen and oxygen atoms in total. The molecule has 0 aliphatic rings. The Hall–Kier alpha value is -7.56. The van der Waals surface area contributed by atoms with E-state index in [0.717, 1.165) is 83.1 Å². The van der Waals surface area contributed by atoms with Crippen molar-refractivity contribution in [3.05, 3.63) is 205 Å². The third-order valence-electron chi connectivity index (χ3n) is 11.6. The topological polar surface area (TPSA) is 52.1 Å². The molecule has 0 bridgehead atoms. The number of fused-ring (bicyclic) bond motifs is 7. The lowest BCUT2D eigenvalue weighted by Crippen LogP contribution is -1.95. The molecule has 0 atom stereocenters. The van der Waals surface area contributed by atoms with Gasteiger partial charge in [0.2, 0.25) is 0 Å². The number of furan rings is 2. The van der Waals surface area contributed by atoms with E-state index >= 15 is 0 Å². The summed E-state index contributed by atoms with van der Waals surface area (Å²) in [4.78, 5) is 10.1. The molecule has 11 aromatic rings. The molecule has 0 radical (unpaired) electrons. The van der Waals surface area contributed by atoms with Crippen molar-refractivity contribution in [2.75, 3.05) is 0 Å². The molecular weight excluding hydrogens is 745 g/mol. The number of rotatable bonds is 7. The van der Waals surface area contributed by atoms with Gasteiger partial charge in [0.25, 0.3) is 0 Å². The van der Waals surface area contributed by atoms with Crippen LogP contribution in [0.5, 0.6) is 0 Å². The van der Waals surface area contributed by atoms with Crippen LogP contribution in [0.25, 0.3) is 100 Å². The summed E-state index contributed by atoms with van der Waals surface area (Å²) in [5, 5.41) is 4.13. The van der Waals surface area contributed by atoms with Gasteiger partial charge in [-0.3, -0.25) is 0 Å². The molecule has 0 fully saturated rings. The van der Waals surface area contributed by atoms with E-state index in [1.807, 2.05) is 42.5 Å². The summed E-state index contributed by atoms with van der Waals surface area (Å²) in [6, 6.07) is 65.4. The Labute approximate surface area is 355 Å². The lowest BCUT2D eigenvalue weighted by Gasteiger charge is -2.12. The zero-order valence-electron chi connectivity index (χ0n) is 34.5. The smallest absolute Gasteiger partial charge is 0.178 e. The maximum Gasteiger partial charge on any atom is 0.178 e. The van der Waals surface area contributed by atoms with Crippen molar-refractivity contribution in [1.29, 1.82) is 0 Å². The maximum absolute atomic E-state index is 6.64. The van der Waals surface area contributed by atoms with Crippen molar-refractivity contribution >= 4 is 43.9 Å². The summed E-state index contributed by atoms with van der Waals surface area (Å²) in [5.41, 5.74) is 16.5. The summed E-state index contributed by atoms with van der Waals surface area (Å²) in [6.07, 6.45) is 2.45. The second-order valence-corrected chi connectivity index (χ2v) is 15.7. The average molecular weight is 789 g/mol. The van der Waals surface area contributed by atoms with E-state index in [9.17, 15) is 0 Å². The highest BCUT2D eigenvalue weighted by molar-refractivity contribution is 6.19. The molecule has 0 N–H and O–H groups in total. The van der Waals surface area contributed by atoms with E-state index in [-0.39, 0.29) is 0 Å². The Morgan fingerprint density at radius 1 is 0.393 bits per heavy atom. The zero-order valence-corrected chi connectivity index (χ0v) is 34.5. The van der Waals surface area contributed by atoms with Gasteiger partial charge < -0.3 is 8.83 Å². The minimum Gasteiger partial charge on any atom is -0.452 e. The molecule has 0 saturated carbocycles. The van der Waals surface area contributed by atoms with Crippen molar-refractivity contribution in [2.45, 2.75) is 33.6 Å². The molecule has 3 aromatic heterocycles. The van der Waals surface area contributed by atoms with Crippen LogP contribution in [-0.2, 0) is 6.42 Å². The van der Waals surface area contributed by atoms with Gasteiger partial charge >= 0.3 is 0 Å². The van der Waals surface area contributed by atoms with Crippen molar-refractivity contribution in [3.8, 4) is 56.2 Å². The van der Waals surface area contributed by atoms with Crippen LogP contribution in [0.2, 0.25) is 0 Å². The number of hydrogen-bond acceptors (Lipinski definition) is 4. The minimum absolute atomic E-state index is 0.644. The fraction of sp³-hybridized carbons (Fsp3) is 0.0877. The molecule has 0 aliphatic carbocycles. The summed E-state index contributed by atoms with van der Waals surface area (Å²) >= 11 is 0. The van der Waals surface area contributed by atoms with Crippen LogP contribution >= 0.6 is 0 Å². The predicted octanol–water partition coefficient (Wildman–Crippen LogP) is 15.9. The standard InChI is InChI=1S/C48H32N2O2.C9H12/c1-29-11-9-10-16-36(29)41-25-33(18-17-30(41)2)34-19-21-37-39-23-24-40-38-22-20-35(27-45(38)52-47(40)46(39)51-44(37)26-34)48-49-42(31-12-5-3-6-13-31)28-43(50-48)32-14-7-4-8-15-32;1-2-6-9-7-4-3-5-8-9/h3-28H,1-2H3;3-5,7-8H,2,6H2,1H3. The van der Waals surface area contributed by atoms with Gasteiger partial charge in [0, 0.05) is 38.2 Å². The molecule has 11 rings (SSSR count). The molecule has 0 amide bonds. The van der Waals surface area contributed by atoms with Gasteiger partial charge in [0.05, 0.1) is 11.4 Å². The van der Waals surface area contributed by atoms with Crippen LogP contribution in [0.4, 0.5) is 0 Å². The molecule has 0 saturated heterocycles.